The van der Waals surface area contributed by atoms with E-state index in [1.54, 1.807) is 19.4 Å². The van der Waals surface area contributed by atoms with E-state index in [1.165, 1.54) is 0 Å². The number of pyridine rings is 1. The molecule has 0 N–H and O–H groups in total. The Morgan fingerprint density at radius 3 is 2.70 bits per heavy atom. The molecule has 0 fully saturated rings. The molecular weight excluding hydrogens is 365 g/mol. The highest BCUT2D eigenvalue weighted by molar-refractivity contribution is 9.10. The largest absolute Gasteiger partial charge is 0.493 e. The van der Waals surface area contributed by atoms with Crippen molar-refractivity contribution in [3.05, 3.63) is 51.2 Å². The predicted octanol–water partition coefficient (Wildman–Crippen LogP) is 4.82. The lowest BCUT2D eigenvalue weighted by Gasteiger charge is -2.13. The first-order valence-corrected chi connectivity index (χ1v) is 7.50. The van der Waals surface area contributed by atoms with Crippen LogP contribution in [0.5, 0.6) is 11.5 Å². The standard InChI is InChI=1S/C14H12BrCl2NO2/c1-19-13-5-9(6-16)4-12(17)14(13)20-8-11-3-2-10(15)7-18-11/h2-5,7H,6,8H2,1H3. The van der Waals surface area contributed by atoms with Crippen molar-refractivity contribution in [2.45, 2.75) is 12.5 Å². The van der Waals surface area contributed by atoms with Crippen molar-refractivity contribution < 1.29 is 9.47 Å². The van der Waals surface area contributed by atoms with Gasteiger partial charge in [-0.05, 0) is 45.8 Å². The van der Waals surface area contributed by atoms with Crippen molar-refractivity contribution in [3.63, 3.8) is 0 Å². The molecule has 0 saturated carbocycles. The van der Waals surface area contributed by atoms with Crippen molar-refractivity contribution in [3.8, 4) is 11.5 Å². The van der Waals surface area contributed by atoms with Gasteiger partial charge in [-0.2, -0.15) is 0 Å². The monoisotopic (exact) mass is 375 g/mol. The fraction of sp³-hybridized carbons (Fsp3) is 0.214. The molecule has 1 aromatic carbocycles. The average Bonchev–Trinajstić information content (AvgIpc) is 2.47. The summed E-state index contributed by atoms with van der Waals surface area (Å²) in [5.74, 6) is 1.42. The van der Waals surface area contributed by atoms with Crippen LogP contribution in [0.2, 0.25) is 5.02 Å². The van der Waals surface area contributed by atoms with E-state index in [9.17, 15) is 0 Å². The maximum atomic E-state index is 6.19. The fourth-order valence-corrected chi connectivity index (χ4v) is 2.31. The van der Waals surface area contributed by atoms with Gasteiger partial charge in [-0.15, -0.1) is 11.6 Å². The maximum Gasteiger partial charge on any atom is 0.180 e. The Labute approximate surface area is 136 Å². The van der Waals surface area contributed by atoms with Gasteiger partial charge in [0.25, 0.3) is 0 Å². The molecule has 0 aliphatic carbocycles. The third kappa shape index (κ3) is 3.78. The molecule has 0 aliphatic rings. The van der Waals surface area contributed by atoms with Gasteiger partial charge < -0.3 is 9.47 Å². The van der Waals surface area contributed by atoms with Gasteiger partial charge in [0.05, 0.1) is 17.8 Å². The second-order valence-corrected chi connectivity index (χ2v) is 5.59. The number of methoxy groups -OCH3 is 1. The van der Waals surface area contributed by atoms with E-state index in [0.29, 0.717) is 29.0 Å². The Bertz CT molecular complexity index is 590. The molecule has 0 atom stereocenters. The normalized spacial score (nSPS) is 10.4. The van der Waals surface area contributed by atoms with Crippen LogP contribution in [0.15, 0.2) is 34.9 Å². The van der Waals surface area contributed by atoms with Gasteiger partial charge in [0.1, 0.15) is 6.61 Å². The number of hydrogen-bond acceptors (Lipinski definition) is 3. The molecule has 0 amide bonds. The van der Waals surface area contributed by atoms with Crippen LogP contribution >= 0.6 is 39.1 Å². The van der Waals surface area contributed by atoms with Crippen molar-refractivity contribution in [1.29, 1.82) is 0 Å². The van der Waals surface area contributed by atoms with Gasteiger partial charge >= 0.3 is 0 Å². The quantitative estimate of drug-likeness (QED) is 0.700. The zero-order valence-corrected chi connectivity index (χ0v) is 13.8. The van der Waals surface area contributed by atoms with Gasteiger partial charge in [0.15, 0.2) is 11.5 Å². The summed E-state index contributed by atoms with van der Waals surface area (Å²) < 4.78 is 11.9. The van der Waals surface area contributed by atoms with E-state index in [-0.39, 0.29) is 0 Å². The molecule has 2 rings (SSSR count). The minimum absolute atomic E-state index is 0.309. The molecule has 0 radical (unpaired) electrons. The highest BCUT2D eigenvalue weighted by Gasteiger charge is 2.12. The molecule has 0 saturated heterocycles. The van der Waals surface area contributed by atoms with Crippen LogP contribution in [0.4, 0.5) is 0 Å². The first-order chi connectivity index (χ1) is 9.63. The van der Waals surface area contributed by atoms with E-state index >= 15 is 0 Å². The number of rotatable bonds is 5. The average molecular weight is 377 g/mol. The molecule has 0 bridgehead atoms. The Kier molecular flexibility index (Phi) is 5.52. The first kappa shape index (κ1) is 15.4. The Hall–Kier alpha value is -0.970. The van der Waals surface area contributed by atoms with Crippen LogP contribution in [0.25, 0.3) is 0 Å². The lowest BCUT2D eigenvalue weighted by Crippen LogP contribution is -2.00. The zero-order chi connectivity index (χ0) is 14.5. The fourth-order valence-electron chi connectivity index (χ4n) is 1.63. The number of hydrogen-bond donors (Lipinski definition) is 0. The van der Waals surface area contributed by atoms with Gasteiger partial charge in [-0.25, -0.2) is 0 Å². The van der Waals surface area contributed by atoms with Crippen molar-refractivity contribution in [2.75, 3.05) is 7.11 Å². The summed E-state index contributed by atoms with van der Waals surface area (Å²) in [4.78, 5) is 4.24. The summed E-state index contributed by atoms with van der Waals surface area (Å²) in [5.41, 5.74) is 1.68. The summed E-state index contributed by atoms with van der Waals surface area (Å²) in [6.45, 7) is 0.309. The SMILES string of the molecule is COc1cc(CCl)cc(Cl)c1OCc1ccc(Br)cn1. The molecular formula is C14H12BrCl2NO2. The topological polar surface area (TPSA) is 31.4 Å². The Morgan fingerprint density at radius 1 is 1.30 bits per heavy atom. The van der Waals surface area contributed by atoms with Gasteiger partial charge in [0, 0.05) is 16.5 Å². The minimum Gasteiger partial charge on any atom is -0.493 e. The van der Waals surface area contributed by atoms with E-state index in [2.05, 4.69) is 20.9 Å². The molecule has 1 heterocycles. The lowest BCUT2D eigenvalue weighted by molar-refractivity contribution is 0.281. The number of aromatic nitrogens is 1. The maximum absolute atomic E-state index is 6.19. The third-order valence-electron chi connectivity index (χ3n) is 2.60. The molecule has 106 valence electrons. The molecule has 0 spiro atoms. The number of nitrogens with zero attached hydrogens (tertiary/aromatic N) is 1. The first-order valence-electron chi connectivity index (χ1n) is 5.79. The van der Waals surface area contributed by atoms with Crippen LogP contribution in [0, 0.1) is 0 Å². The number of ether oxygens (including phenoxy) is 2. The van der Waals surface area contributed by atoms with Crippen molar-refractivity contribution in [2.24, 2.45) is 0 Å². The van der Waals surface area contributed by atoms with Gasteiger partial charge in [-0.1, -0.05) is 11.6 Å². The number of halogens is 3. The summed E-state index contributed by atoms with van der Waals surface area (Å²) in [5, 5.41) is 0.470. The van der Waals surface area contributed by atoms with E-state index in [0.717, 1.165) is 15.7 Å². The summed E-state index contributed by atoms with van der Waals surface area (Å²) >= 11 is 15.3. The highest BCUT2D eigenvalue weighted by atomic mass is 79.9. The minimum atomic E-state index is 0.309. The van der Waals surface area contributed by atoms with Crippen molar-refractivity contribution >= 4 is 39.1 Å². The molecule has 1 aromatic heterocycles. The van der Waals surface area contributed by atoms with Crippen LogP contribution in [-0.4, -0.2) is 12.1 Å². The molecule has 0 aliphatic heterocycles. The third-order valence-corrected chi connectivity index (χ3v) is 3.66. The summed E-state index contributed by atoms with van der Waals surface area (Å²) in [6.07, 6.45) is 1.72. The molecule has 20 heavy (non-hydrogen) atoms. The molecule has 2 aromatic rings. The molecule has 0 unspecified atom stereocenters. The van der Waals surface area contributed by atoms with Gasteiger partial charge in [0.2, 0.25) is 0 Å². The van der Waals surface area contributed by atoms with Crippen LogP contribution in [0.1, 0.15) is 11.3 Å². The predicted molar refractivity (Wildman–Crippen MR) is 83.8 cm³/mol. The second-order valence-electron chi connectivity index (χ2n) is 4.00. The van der Waals surface area contributed by atoms with E-state index in [1.807, 2.05) is 18.2 Å². The summed E-state index contributed by atoms with van der Waals surface area (Å²) in [6, 6.07) is 7.35. The summed E-state index contributed by atoms with van der Waals surface area (Å²) in [7, 11) is 1.56. The molecule has 3 nitrogen and oxygen atoms in total. The van der Waals surface area contributed by atoms with Crippen molar-refractivity contribution in [1.82, 2.24) is 4.98 Å². The number of benzene rings is 1. The van der Waals surface area contributed by atoms with Gasteiger partial charge in [-0.3, -0.25) is 4.98 Å². The highest BCUT2D eigenvalue weighted by Crippen LogP contribution is 2.37. The van der Waals surface area contributed by atoms with E-state index < -0.39 is 0 Å². The lowest BCUT2D eigenvalue weighted by atomic mass is 10.2. The van der Waals surface area contributed by atoms with Crippen LogP contribution in [0.3, 0.4) is 0 Å². The number of alkyl halides is 1. The Morgan fingerprint density at radius 2 is 2.10 bits per heavy atom. The smallest absolute Gasteiger partial charge is 0.180 e. The Balaban J connectivity index is 2.18. The van der Waals surface area contributed by atoms with Crippen LogP contribution in [-0.2, 0) is 12.5 Å². The second kappa shape index (κ2) is 7.16. The zero-order valence-electron chi connectivity index (χ0n) is 10.7. The van der Waals surface area contributed by atoms with E-state index in [4.69, 9.17) is 32.7 Å². The molecule has 6 heteroatoms. The van der Waals surface area contributed by atoms with Crippen LogP contribution < -0.4 is 9.47 Å².